The zero-order chi connectivity index (χ0) is 13.8. The van der Waals surface area contributed by atoms with Crippen LogP contribution in [0.5, 0.6) is 0 Å². The van der Waals surface area contributed by atoms with Gasteiger partial charge in [0.05, 0.1) is 12.2 Å². The Morgan fingerprint density at radius 3 is 2.58 bits per heavy atom. The molecule has 1 aromatic rings. The van der Waals surface area contributed by atoms with Crippen molar-refractivity contribution in [2.24, 2.45) is 0 Å². The van der Waals surface area contributed by atoms with E-state index in [1.54, 1.807) is 0 Å². The number of aryl methyl sites for hydroxylation is 1. The van der Waals surface area contributed by atoms with E-state index in [1.165, 1.54) is 0 Å². The number of aromatic nitrogens is 1. The van der Waals surface area contributed by atoms with Gasteiger partial charge in [-0.25, -0.2) is 4.98 Å². The summed E-state index contributed by atoms with van der Waals surface area (Å²) in [6.07, 6.45) is 2.61. The number of hydrogen-bond donors (Lipinski definition) is 0. The van der Waals surface area contributed by atoms with E-state index >= 15 is 0 Å². The van der Waals surface area contributed by atoms with Gasteiger partial charge in [0.1, 0.15) is 5.82 Å². The molecule has 3 nitrogen and oxygen atoms in total. The zero-order valence-corrected chi connectivity index (χ0v) is 12.8. The number of anilines is 1. The van der Waals surface area contributed by atoms with Crippen LogP contribution >= 0.6 is 11.6 Å². The third-order valence-electron chi connectivity index (χ3n) is 3.33. The van der Waals surface area contributed by atoms with Crippen molar-refractivity contribution >= 4 is 17.4 Å². The Kier molecular flexibility index (Phi) is 5.06. The molecule has 4 heteroatoms. The van der Waals surface area contributed by atoms with Crippen molar-refractivity contribution < 1.29 is 4.74 Å². The molecule has 2 unspecified atom stereocenters. The van der Waals surface area contributed by atoms with E-state index < -0.39 is 0 Å². The van der Waals surface area contributed by atoms with Crippen LogP contribution in [0.25, 0.3) is 0 Å². The zero-order valence-electron chi connectivity index (χ0n) is 12.0. The van der Waals surface area contributed by atoms with Crippen LogP contribution in [0.1, 0.15) is 38.4 Å². The fourth-order valence-electron chi connectivity index (χ4n) is 2.62. The predicted octanol–water partition coefficient (Wildman–Crippen LogP) is 3.39. The van der Waals surface area contributed by atoms with Crippen molar-refractivity contribution in [3.63, 3.8) is 0 Å². The van der Waals surface area contributed by atoms with Crippen molar-refractivity contribution in [2.75, 3.05) is 18.0 Å². The first-order valence-corrected chi connectivity index (χ1v) is 7.62. The van der Waals surface area contributed by atoms with E-state index in [1.807, 2.05) is 0 Å². The third kappa shape index (κ3) is 3.83. The first kappa shape index (κ1) is 14.6. The summed E-state index contributed by atoms with van der Waals surface area (Å²) < 4.78 is 5.78. The van der Waals surface area contributed by atoms with Gasteiger partial charge in [-0.2, -0.15) is 0 Å². The molecule has 0 N–H and O–H groups in total. The lowest BCUT2D eigenvalue weighted by Crippen LogP contribution is -2.46. The number of alkyl halides is 1. The fraction of sp³-hybridized carbons (Fsp3) is 0.667. The normalized spacial score (nSPS) is 23.7. The highest BCUT2D eigenvalue weighted by molar-refractivity contribution is 6.17. The van der Waals surface area contributed by atoms with Crippen molar-refractivity contribution in [1.82, 2.24) is 4.98 Å². The smallest absolute Gasteiger partial charge is 0.129 e. The van der Waals surface area contributed by atoms with Crippen LogP contribution in [0.3, 0.4) is 0 Å². The number of nitrogens with zero attached hydrogens (tertiary/aromatic N) is 2. The second-order valence-corrected chi connectivity index (χ2v) is 5.64. The number of pyridine rings is 1. The fourth-order valence-corrected chi connectivity index (χ4v) is 2.78. The van der Waals surface area contributed by atoms with E-state index in [4.69, 9.17) is 21.3 Å². The quantitative estimate of drug-likeness (QED) is 0.792. The Balaban J connectivity index is 2.24. The molecule has 19 heavy (non-hydrogen) atoms. The van der Waals surface area contributed by atoms with E-state index in [2.05, 4.69) is 37.8 Å². The Morgan fingerprint density at radius 1 is 1.32 bits per heavy atom. The summed E-state index contributed by atoms with van der Waals surface area (Å²) in [7, 11) is 0. The highest BCUT2D eigenvalue weighted by atomic mass is 35.5. The number of halogens is 1. The lowest BCUT2D eigenvalue weighted by molar-refractivity contribution is -0.00547. The predicted molar refractivity (Wildman–Crippen MR) is 80.0 cm³/mol. The van der Waals surface area contributed by atoms with Gasteiger partial charge in [-0.1, -0.05) is 13.3 Å². The minimum absolute atomic E-state index is 0.250. The Bertz CT molecular complexity index is 415. The summed E-state index contributed by atoms with van der Waals surface area (Å²) in [5.74, 6) is 1.59. The highest BCUT2D eigenvalue weighted by Gasteiger charge is 2.23. The van der Waals surface area contributed by atoms with Crippen LogP contribution in [-0.4, -0.2) is 30.3 Å². The first-order chi connectivity index (χ1) is 9.12. The SMILES string of the molecule is CCCc1cc(CCl)cc(N2CC(C)OC(C)C2)n1. The van der Waals surface area contributed by atoms with Gasteiger partial charge in [0, 0.05) is 24.7 Å². The molecule has 1 aromatic heterocycles. The summed E-state index contributed by atoms with van der Waals surface area (Å²) >= 11 is 6.00. The molecule has 2 heterocycles. The lowest BCUT2D eigenvalue weighted by Gasteiger charge is -2.36. The van der Waals surface area contributed by atoms with Crippen molar-refractivity contribution in [3.05, 3.63) is 23.4 Å². The molecule has 0 aliphatic carbocycles. The van der Waals surface area contributed by atoms with Crippen LogP contribution in [0, 0.1) is 0 Å². The van der Waals surface area contributed by atoms with Crippen LogP contribution in [-0.2, 0) is 17.0 Å². The third-order valence-corrected chi connectivity index (χ3v) is 3.64. The summed E-state index contributed by atoms with van der Waals surface area (Å²) in [5.41, 5.74) is 2.30. The van der Waals surface area contributed by atoms with Crippen molar-refractivity contribution in [2.45, 2.75) is 51.7 Å². The number of morpholine rings is 1. The molecule has 1 saturated heterocycles. The molecule has 0 aromatic carbocycles. The van der Waals surface area contributed by atoms with Gasteiger partial charge in [-0.05, 0) is 38.0 Å². The maximum Gasteiger partial charge on any atom is 0.129 e. The van der Waals surface area contributed by atoms with E-state index in [9.17, 15) is 0 Å². The molecular formula is C15H23ClN2O. The molecule has 1 aliphatic heterocycles. The molecule has 0 saturated carbocycles. The number of rotatable bonds is 4. The van der Waals surface area contributed by atoms with Gasteiger partial charge in [0.2, 0.25) is 0 Å². The topological polar surface area (TPSA) is 25.4 Å². The maximum absolute atomic E-state index is 6.00. The average molecular weight is 283 g/mol. The maximum atomic E-state index is 6.00. The van der Waals surface area contributed by atoms with Crippen LogP contribution in [0.15, 0.2) is 12.1 Å². The summed E-state index contributed by atoms with van der Waals surface area (Å²) in [5, 5.41) is 0. The van der Waals surface area contributed by atoms with Crippen LogP contribution in [0.4, 0.5) is 5.82 Å². The molecular weight excluding hydrogens is 260 g/mol. The first-order valence-electron chi connectivity index (χ1n) is 7.08. The second kappa shape index (κ2) is 6.58. The summed E-state index contributed by atoms with van der Waals surface area (Å²) in [6, 6.07) is 4.23. The van der Waals surface area contributed by atoms with Gasteiger partial charge in [-0.3, -0.25) is 0 Å². The van der Waals surface area contributed by atoms with Gasteiger partial charge in [0.15, 0.2) is 0 Å². The highest BCUT2D eigenvalue weighted by Crippen LogP contribution is 2.21. The van der Waals surface area contributed by atoms with E-state index in [-0.39, 0.29) is 12.2 Å². The van der Waals surface area contributed by atoms with Crippen LogP contribution < -0.4 is 4.90 Å². The molecule has 0 spiro atoms. The molecule has 2 atom stereocenters. The number of hydrogen-bond acceptors (Lipinski definition) is 3. The molecule has 106 valence electrons. The van der Waals surface area contributed by atoms with Gasteiger partial charge in [-0.15, -0.1) is 11.6 Å². The standard InChI is InChI=1S/C15H23ClN2O/c1-4-5-14-6-13(8-16)7-15(17-14)18-9-11(2)19-12(3)10-18/h6-7,11-12H,4-5,8-10H2,1-3H3. The van der Waals surface area contributed by atoms with Gasteiger partial charge >= 0.3 is 0 Å². The summed E-state index contributed by atoms with van der Waals surface area (Å²) in [6.45, 7) is 8.19. The molecule has 0 radical (unpaired) electrons. The largest absolute Gasteiger partial charge is 0.372 e. The minimum Gasteiger partial charge on any atom is -0.372 e. The molecule has 0 bridgehead atoms. The molecule has 1 fully saturated rings. The van der Waals surface area contributed by atoms with Crippen molar-refractivity contribution in [3.8, 4) is 0 Å². The molecule has 0 amide bonds. The molecule has 1 aliphatic rings. The minimum atomic E-state index is 0.250. The van der Waals surface area contributed by atoms with E-state index in [0.717, 1.165) is 43.0 Å². The average Bonchev–Trinajstić information content (AvgIpc) is 2.37. The summed E-state index contributed by atoms with van der Waals surface area (Å²) in [4.78, 5) is 7.09. The van der Waals surface area contributed by atoms with Crippen LogP contribution in [0.2, 0.25) is 0 Å². The van der Waals surface area contributed by atoms with Gasteiger partial charge < -0.3 is 9.64 Å². The monoisotopic (exact) mass is 282 g/mol. The Morgan fingerprint density at radius 2 is 2.00 bits per heavy atom. The Labute approximate surface area is 120 Å². The lowest BCUT2D eigenvalue weighted by atomic mass is 10.1. The Hall–Kier alpha value is -0.800. The second-order valence-electron chi connectivity index (χ2n) is 5.37. The molecule has 2 rings (SSSR count). The van der Waals surface area contributed by atoms with Gasteiger partial charge in [0.25, 0.3) is 0 Å². The number of ether oxygens (including phenoxy) is 1. The van der Waals surface area contributed by atoms with E-state index in [0.29, 0.717) is 5.88 Å². The van der Waals surface area contributed by atoms with Crippen molar-refractivity contribution in [1.29, 1.82) is 0 Å².